The van der Waals surface area contributed by atoms with Gasteiger partial charge in [0.05, 0.1) is 29.7 Å². The van der Waals surface area contributed by atoms with Crippen molar-refractivity contribution in [2.24, 2.45) is 0 Å². The molecule has 15 heteroatoms. The normalized spacial score (nSPS) is 14.8. The largest absolute Gasteiger partial charge is 0.455 e. The summed E-state index contributed by atoms with van der Waals surface area (Å²) in [6.07, 6.45) is 1.11. The summed E-state index contributed by atoms with van der Waals surface area (Å²) in [5.74, 6) is -0.177. The second-order valence-electron chi connectivity index (χ2n) is 13.1. The number of amides is 1. The number of para-hydroxylation sites is 1. The summed E-state index contributed by atoms with van der Waals surface area (Å²) in [6.45, 7) is 3.49. The van der Waals surface area contributed by atoms with Crippen LogP contribution in [0.1, 0.15) is 41.0 Å². The van der Waals surface area contributed by atoms with Gasteiger partial charge in [0.15, 0.2) is 5.78 Å². The third-order valence-electron chi connectivity index (χ3n) is 9.52. The monoisotopic (exact) mass is 753 g/mol. The van der Waals surface area contributed by atoms with Crippen LogP contribution < -0.4 is 9.21 Å². The van der Waals surface area contributed by atoms with Crippen LogP contribution in [0.5, 0.6) is 0 Å². The first-order valence-electron chi connectivity index (χ1n) is 17.4. The van der Waals surface area contributed by atoms with E-state index in [-0.39, 0.29) is 46.7 Å². The smallest absolute Gasteiger partial charge is 0.254 e. The Balaban J connectivity index is 1.27. The second-order valence-corrected chi connectivity index (χ2v) is 15.0. The molecule has 1 fully saturated rings. The fraction of sp³-hybridized carbons (Fsp3) is 0.256. The van der Waals surface area contributed by atoms with Crippen LogP contribution in [0, 0.1) is 5.82 Å². The van der Waals surface area contributed by atoms with E-state index in [1.807, 2.05) is 37.3 Å². The van der Waals surface area contributed by atoms with Crippen molar-refractivity contribution in [2.75, 3.05) is 48.3 Å². The highest BCUT2D eigenvalue weighted by molar-refractivity contribution is 7.92. The summed E-state index contributed by atoms with van der Waals surface area (Å²) in [7, 11) is -4.01. The molecule has 1 aliphatic heterocycles. The number of sulfonamides is 1. The molecule has 0 aliphatic carbocycles. The highest BCUT2D eigenvalue weighted by Crippen LogP contribution is 2.42. The maximum absolute atomic E-state index is 14.1. The average molecular weight is 754 g/mol. The van der Waals surface area contributed by atoms with E-state index < -0.39 is 29.1 Å². The average Bonchev–Trinajstić information content (AvgIpc) is 3.81. The maximum atomic E-state index is 14.1. The van der Waals surface area contributed by atoms with E-state index in [1.54, 1.807) is 46.8 Å². The van der Waals surface area contributed by atoms with Crippen LogP contribution in [0.25, 0.3) is 39.1 Å². The van der Waals surface area contributed by atoms with E-state index in [0.717, 1.165) is 16.2 Å². The number of carbonyl (C=O) groups excluding carboxylic acids is 2. The standard InChI is InChI=1S/C39H37F2N7O5S/c1-4-34(49)36-32-22-31(33(47(18-17-40)54(3,51)52)23-35(32)53-37(36)26-13-15-29(41)16-14-26)27-9-8-10-28(21-27)38(50)45-19-20-46(25(2)24-45)39-42-43-44-48(39)30-11-6-5-7-12-30/h5-16,21-23,25H,4,17-20,24H2,1-3H3/t25-/m1/s1. The molecule has 12 nitrogen and oxygen atoms in total. The van der Waals surface area contributed by atoms with Crippen LogP contribution in [-0.4, -0.2) is 90.4 Å². The molecule has 0 N–H and O–H groups in total. The summed E-state index contributed by atoms with van der Waals surface area (Å²) < 4.78 is 62.8. The predicted octanol–water partition coefficient (Wildman–Crippen LogP) is 6.56. The van der Waals surface area contributed by atoms with Gasteiger partial charge in [0.2, 0.25) is 10.0 Å². The molecule has 6 aromatic rings. The molecule has 7 rings (SSSR count). The molecule has 0 spiro atoms. The third kappa shape index (κ3) is 6.94. The van der Waals surface area contributed by atoms with Gasteiger partial charge in [0.1, 0.15) is 23.8 Å². The molecule has 278 valence electrons. The Morgan fingerprint density at radius 3 is 2.41 bits per heavy atom. The van der Waals surface area contributed by atoms with Crippen molar-refractivity contribution >= 4 is 44.3 Å². The number of piperazine rings is 1. The first-order valence-corrected chi connectivity index (χ1v) is 19.3. The predicted molar refractivity (Wildman–Crippen MR) is 202 cm³/mol. The fourth-order valence-corrected chi connectivity index (χ4v) is 7.82. The van der Waals surface area contributed by atoms with Crippen molar-refractivity contribution in [3.63, 3.8) is 0 Å². The first kappa shape index (κ1) is 36.4. The minimum Gasteiger partial charge on any atom is -0.455 e. The lowest BCUT2D eigenvalue weighted by Crippen LogP contribution is -2.54. The van der Waals surface area contributed by atoms with Gasteiger partial charge >= 0.3 is 0 Å². The summed E-state index contributed by atoms with van der Waals surface area (Å²) >= 11 is 0. The molecule has 1 amide bonds. The van der Waals surface area contributed by atoms with Crippen LogP contribution in [0.15, 0.2) is 95.4 Å². The summed E-state index contributed by atoms with van der Waals surface area (Å²) in [6, 6.07) is 24.8. The number of benzene rings is 4. The maximum Gasteiger partial charge on any atom is 0.254 e. The molecule has 1 saturated heterocycles. The van der Waals surface area contributed by atoms with Crippen LogP contribution in [0.3, 0.4) is 0 Å². The molecule has 1 aliphatic rings. The molecule has 4 aromatic carbocycles. The van der Waals surface area contributed by atoms with Gasteiger partial charge in [-0.15, -0.1) is 0 Å². The number of Topliss-reactive ketones (excluding diaryl/α,β-unsaturated/α-hetero) is 1. The zero-order chi connectivity index (χ0) is 38.1. The molecule has 0 radical (unpaired) electrons. The van der Waals surface area contributed by atoms with Crippen molar-refractivity contribution in [3.05, 3.63) is 108 Å². The number of anilines is 2. The van der Waals surface area contributed by atoms with Crippen molar-refractivity contribution < 1.29 is 31.2 Å². The second kappa shape index (κ2) is 14.8. The van der Waals surface area contributed by atoms with E-state index in [1.165, 1.54) is 30.3 Å². The minimum absolute atomic E-state index is 0.112. The number of alkyl halides is 1. The van der Waals surface area contributed by atoms with Gasteiger partial charge in [0, 0.05) is 60.2 Å². The molecule has 0 unspecified atom stereocenters. The molecular weight excluding hydrogens is 717 g/mol. The van der Waals surface area contributed by atoms with Crippen molar-refractivity contribution in [1.82, 2.24) is 25.1 Å². The number of rotatable bonds is 11. The van der Waals surface area contributed by atoms with Gasteiger partial charge in [-0.05, 0) is 77.5 Å². The lowest BCUT2D eigenvalue weighted by Gasteiger charge is -2.40. The number of hydrogen-bond donors (Lipinski definition) is 0. The molecule has 3 heterocycles. The molecule has 2 aromatic heterocycles. The van der Waals surface area contributed by atoms with Gasteiger partial charge in [0.25, 0.3) is 11.9 Å². The molecule has 0 bridgehead atoms. The quantitative estimate of drug-likeness (QED) is 0.135. The molecule has 1 atom stereocenters. The van der Waals surface area contributed by atoms with Crippen molar-refractivity contribution in [2.45, 2.75) is 26.3 Å². The number of ketones is 1. The highest BCUT2D eigenvalue weighted by atomic mass is 32.2. The molecule has 54 heavy (non-hydrogen) atoms. The molecular formula is C39H37F2N7O5S. The number of aromatic nitrogens is 4. The Bertz CT molecular complexity index is 2450. The van der Waals surface area contributed by atoms with Crippen LogP contribution >= 0.6 is 0 Å². The third-order valence-corrected chi connectivity index (χ3v) is 10.7. The van der Waals surface area contributed by atoms with Gasteiger partial charge in [-0.3, -0.25) is 13.9 Å². The zero-order valence-electron chi connectivity index (χ0n) is 29.8. The number of carbonyl (C=O) groups is 2. The minimum atomic E-state index is -4.01. The van der Waals surface area contributed by atoms with Gasteiger partial charge in [-0.25, -0.2) is 17.2 Å². The lowest BCUT2D eigenvalue weighted by molar-refractivity contribution is 0.0725. The number of nitrogens with zero attached hydrogens (tertiary/aromatic N) is 7. The number of halogens is 2. The SMILES string of the molecule is CCC(=O)c1c(-c2ccc(F)cc2)oc2cc(N(CCF)S(C)(=O)=O)c(-c3cccc(C(=O)N4CCN(c5nnnn5-c5ccccc5)[C@H](C)C4)c3)cc12. The lowest BCUT2D eigenvalue weighted by atomic mass is 9.95. The summed E-state index contributed by atoms with van der Waals surface area (Å²) in [5, 5.41) is 12.7. The number of hydrogen-bond acceptors (Lipinski definition) is 9. The number of fused-ring (bicyclic) bond motifs is 1. The first-order chi connectivity index (χ1) is 26.0. The van der Waals surface area contributed by atoms with E-state index in [2.05, 4.69) is 20.4 Å². The van der Waals surface area contributed by atoms with Gasteiger partial charge in [-0.2, -0.15) is 4.68 Å². The topological polar surface area (TPSA) is 135 Å². The van der Waals surface area contributed by atoms with Crippen LogP contribution in [0.4, 0.5) is 20.4 Å². The van der Waals surface area contributed by atoms with E-state index in [4.69, 9.17) is 4.42 Å². The zero-order valence-corrected chi connectivity index (χ0v) is 30.6. The Hall–Kier alpha value is -5.96. The highest BCUT2D eigenvalue weighted by Gasteiger charge is 2.32. The Kier molecular flexibility index (Phi) is 9.99. The van der Waals surface area contributed by atoms with Crippen molar-refractivity contribution in [3.8, 4) is 28.1 Å². The Morgan fingerprint density at radius 1 is 0.963 bits per heavy atom. The van der Waals surface area contributed by atoms with E-state index >= 15 is 0 Å². The van der Waals surface area contributed by atoms with Gasteiger partial charge < -0.3 is 14.2 Å². The Morgan fingerprint density at radius 2 is 1.72 bits per heavy atom. The molecule has 0 saturated carbocycles. The van der Waals surface area contributed by atoms with Gasteiger partial charge in [-0.1, -0.05) is 42.4 Å². The summed E-state index contributed by atoms with van der Waals surface area (Å²) in [5.41, 5.74) is 2.99. The van der Waals surface area contributed by atoms with E-state index in [9.17, 15) is 26.8 Å². The fourth-order valence-electron chi connectivity index (χ4n) is 6.91. The van der Waals surface area contributed by atoms with E-state index in [0.29, 0.717) is 53.2 Å². The number of furan rings is 1. The van der Waals surface area contributed by atoms with Crippen LogP contribution in [-0.2, 0) is 10.0 Å². The van der Waals surface area contributed by atoms with Crippen LogP contribution in [0.2, 0.25) is 0 Å². The summed E-state index contributed by atoms with van der Waals surface area (Å²) in [4.78, 5) is 31.3. The Labute approximate surface area is 310 Å². The number of tetrazole rings is 1. The van der Waals surface area contributed by atoms with Crippen molar-refractivity contribution in [1.29, 1.82) is 0 Å².